The van der Waals surface area contributed by atoms with E-state index in [2.05, 4.69) is 17.4 Å². The molecule has 0 atom stereocenters. The number of carbonyl (C=O) groups is 2. The van der Waals surface area contributed by atoms with Gasteiger partial charge in [-0.05, 0) is 61.9 Å². The number of rotatable bonds is 10. The van der Waals surface area contributed by atoms with Crippen LogP contribution in [-0.4, -0.2) is 41.4 Å². The van der Waals surface area contributed by atoms with Crippen molar-refractivity contribution in [1.82, 2.24) is 9.80 Å². The number of benzene rings is 2. The minimum Gasteiger partial charge on any atom is -0.464 e. The van der Waals surface area contributed by atoms with Crippen LogP contribution in [0, 0.1) is 12.8 Å². The molecule has 0 radical (unpaired) electrons. The molecular formula is C27H31N3O3. The molecule has 1 aromatic heterocycles. The standard InChI is InChI=1S/C27H31N3O3/c1-21-12-15-25(33-21)19-29(17-16-22-8-4-2-5-9-22)26(31)20-30(18-23-13-14-23)27(32)28-24-10-6-3-7-11-24/h2-12,15,23H,13-14,16-20H2,1H3,(H,28,32). The molecule has 3 amide bonds. The van der Waals surface area contributed by atoms with Gasteiger partial charge in [0.05, 0.1) is 6.54 Å². The van der Waals surface area contributed by atoms with Crippen LogP contribution in [0.3, 0.4) is 0 Å². The van der Waals surface area contributed by atoms with Crippen LogP contribution >= 0.6 is 0 Å². The third-order valence-electron chi connectivity index (χ3n) is 5.82. The van der Waals surface area contributed by atoms with Gasteiger partial charge in [-0.1, -0.05) is 48.5 Å². The largest absolute Gasteiger partial charge is 0.464 e. The Hall–Kier alpha value is -3.54. The molecule has 0 bridgehead atoms. The average molecular weight is 446 g/mol. The second-order valence-corrected chi connectivity index (χ2v) is 8.68. The zero-order chi connectivity index (χ0) is 23.0. The van der Waals surface area contributed by atoms with Crippen molar-refractivity contribution >= 4 is 17.6 Å². The molecule has 1 N–H and O–H groups in total. The highest BCUT2D eigenvalue weighted by atomic mass is 16.3. The number of nitrogens with zero attached hydrogens (tertiary/aromatic N) is 2. The Morgan fingerprint density at radius 2 is 1.64 bits per heavy atom. The van der Waals surface area contributed by atoms with Gasteiger partial charge >= 0.3 is 6.03 Å². The first kappa shape index (κ1) is 22.6. The van der Waals surface area contributed by atoms with Gasteiger partial charge in [-0.3, -0.25) is 4.79 Å². The molecule has 1 saturated carbocycles. The number of hydrogen-bond donors (Lipinski definition) is 1. The Morgan fingerprint density at radius 1 is 0.939 bits per heavy atom. The van der Waals surface area contributed by atoms with Gasteiger partial charge in [-0.15, -0.1) is 0 Å². The highest BCUT2D eigenvalue weighted by molar-refractivity contribution is 5.92. The third kappa shape index (κ3) is 6.97. The van der Waals surface area contributed by atoms with Crippen LogP contribution in [0.4, 0.5) is 10.5 Å². The first-order chi connectivity index (χ1) is 16.1. The van der Waals surface area contributed by atoms with E-state index in [0.717, 1.165) is 36.5 Å². The molecule has 0 unspecified atom stereocenters. The Kier molecular flexibility index (Phi) is 7.45. The summed E-state index contributed by atoms with van der Waals surface area (Å²) in [5.41, 5.74) is 1.89. The average Bonchev–Trinajstić information content (AvgIpc) is 3.55. The number of carbonyl (C=O) groups excluding carboxylic acids is 2. The van der Waals surface area contributed by atoms with Crippen molar-refractivity contribution in [2.45, 2.75) is 32.7 Å². The van der Waals surface area contributed by atoms with E-state index >= 15 is 0 Å². The van der Waals surface area contributed by atoms with Crippen molar-refractivity contribution in [2.24, 2.45) is 5.92 Å². The smallest absolute Gasteiger partial charge is 0.322 e. The van der Waals surface area contributed by atoms with Gasteiger partial charge in [-0.2, -0.15) is 0 Å². The van der Waals surface area contributed by atoms with Crippen molar-refractivity contribution in [3.8, 4) is 0 Å². The molecule has 0 spiro atoms. The normalized spacial score (nSPS) is 12.9. The van der Waals surface area contributed by atoms with E-state index in [1.807, 2.05) is 67.6 Å². The number of urea groups is 1. The number of hydrogen-bond acceptors (Lipinski definition) is 3. The van der Waals surface area contributed by atoms with E-state index in [9.17, 15) is 9.59 Å². The van der Waals surface area contributed by atoms with Crippen LogP contribution in [-0.2, 0) is 17.8 Å². The third-order valence-corrected chi connectivity index (χ3v) is 5.82. The second-order valence-electron chi connectivity index (χ2n) is 8.68. The van der Waals surface area contributed by atoms with Gasteiger partial charge in [-0.25, -0.2) is 4.79 Å². The Bertz CT molecular complexity index is 1040. The lowest BCUT2D eigenvalue weighted by atomic mass is 10.1. The summed E-state index contributed by atoms with van der Waals surface area (Å²) in [5.74, 6) is 1.96. The zero-order valence-electron chi connectivity index (χ0n) is 19.1. The molecule has 3 aromatic rings. The van der Waals surface area contributed by atoms with Crippen LogP contribution in [0.25, 0.3) is 0 Å². The van der Waals surface area contributed by atoms with Crippen LogP contribution < -0.4 is 5.32 Å². The molecule has 6 heteroatoms. The van der Waals surface area contributed by atoms with Gasteiger partial charge in [0.2, 0.25) is 5.91 Å². The number of amides is 3. The molecule has 0 aliphatic heterocycles. The monoisotopic (exact) mass is 445 g/mol. The molecule has 4 rings (SSSR count). The van der Waals surface area contributed by atoms with E-state index in [-0.39, 0.29) is 18.5 Å². The minimum absolute atomic E-state index is 0.0453. The predicted octanol–water partition coefficient (Wildman–Crippen LogP) is 5.10. The maximum absolute atomic E-state index is 13.4. The van der Waals surface area contributed by atoms with Crippen LogP contribution in [0.1, 0.15) is 29.9 Å². The van der Waals surface area contributed by atoms with Gasteiger partial charge in [0.1, 0.15) is 18.1 Å². The lowest BCUT2D eigenvalue weighted by Crippen LogP contribution is -2.45. The van der Waals surface area contributed by atoms with Gasteiger partial charge in [0.15, 0.2) is 0 Å². The molecule has 6 nitrogen and oxygen atoms in total. The molecule has 1 aliphatic rings. The number of para-hydroxylation sites is 1. The maximum Gasteiger partial charge on any atom is 0.322 e. The highest BCUT2D eigenvalue weighted by Crippen LogP contribution is 2.30. The Balaban J connectivity index is 1.45. The Labute approximate surface area is 195 Å². The van der Waals surface area contributed by atoms with Crippen molar-refractivity contribution in [2.75, 3.05) is 25.0 Å². The van der Waals surface area contributed by atoms with E-state index in [0.29, 0.717) is 25.6 Å². The van der Waals surface area contributed by atoms with E-state index in [1.165, 1.54) is 5.56 Å². The molecular weight excluding hydrogens is 414 g/mol. The molecule has 1 heterocycles. The first-order valence-corrected chi connectivity index (χ1v) is 11.5. The van der Waals surface area contributed by atoms with E-state index < -0.39 is 0 Å². The number of nitrogens with one attached hydrogen (secondary N) is 1. The fraction of sp³-hybridized carbons (Fsp3) is 0.333. The van der Waals surface area contributed by atoms with Gasteiger partial charge in [0.25, 0.3) is 0 Å². The minimum atomic E-state index is -0.238. The predicted molar refractivity (Wildman–Crippen MR) is 129 cm³/mol. The van der Waals surface area contributed by atoms with Crippen LogP contribution in [0.5, 0.6) is 0 Å². The molecule has 0 saturated heterocycles. The van der Waals surface area contributed by atoms with Crippen molar-refractivity contribution in [3.63, 3.8) is 0 Å². The molecule has 1 fully saturated rings. The first-order valence-electron chi connectivity index (χ1n) is 11.5. The van der Waals surface area contributed by atoms with E-state index in [4.69, 9.17) is 4.42 Å². The second kappa shape index (κ2) is 10.9. The van der Waals surface area contributed by atoms with Gasteiger partial charge in [0, 0.05) is 18.8 Å². The summed E-state index contributed by atoms with van der Waals surface area (Å²) >= 11 is 0. The number of aryl methyl sites for hydroxylation is 1. The van der Waals surface area contributed by atoms with Crippen LogP contribution in [0.2, 0.25) is 0 Å². The molecule has 1 aliphatic carbocycles. The molecule has 172 valence electrons. The van der Waals surface area contributed by atoms with Crippen LogP contribution in [0.15, 0.2) is 77.2 Å². The maximum atomic E-state index is 13.4. The summed E-state index contributed by atoms with van der Waals surface area (Å²) in [4.78, 5) is 29.8. The number of furan rings is 1. The van der Waals surface area contributed by atoms with Gasteiger partial charge < -0.3 is 19.5 Å². The van der Waals surface area contributed by atoms with Crippen molar-refractivity contribution in [3.05, 3.63) is 89.9 Å². The fourth-order valence-corrected chi connectivity index (χ4v) is 3.78. The summed E-state index contributed by atoms with van der Waals surface area (Å²) in [6.45, 7) is 3.47. The topological polar surface area (TPSA) is 65.8 Å². The van der Waals surface area contributed by atoms with Crippen molar-refractivity contribution < 1.29 is 14.0 Å². The highest BCUT2D eigenvalue weighted by Gasteiger charge is 2.29. The number of anilines is 1. The summed E-state index contributed by atoms with van der Waals surface area (Å²) in [7, 11) is 0. The van der Waals surface area contributed by atoms with E-state index in [1.54, 1.807) is 9.80 Å². The SMILES string of the molecule is Cc1ccc(CN(CCc2ccccc2)C(=O)CN(CC2CC2)C(=O)Nc2ccccc2)o1. The summed E-state index contributed by atoms with van der Waals surface area (Å²) < 4.78 is 5.74. The summed E-state index contributed by atoms with van der Waals surface area (Å²) in [6.07, 6.45) is 2.95. The van der Waals surface area contributed by atoms with Crippen molar-refractivity contribution in [1.29, 1.82) is 0 Å². The molecule has 33 heavy (non-hydrogen) atoms. The zero-order valence-corrected chi connectivity index (χ0v) is 19.1. The summed E-state index contributed by atoms with van der Waals surface area (Å²) in [6, 6.07) is 23.0. The summed E-state index contributed by atoms with van der Waals surface area (Å²) in [5, 5.41) is 2.93. The lowest BCUT2D eigenvalue weighted by Gasteiger charge is -2.27. The molecule has 2 aromatic carbocycles. The quantitative estimate of drug-likeness (QED) is 0.472. The lowest BCUT2D eigenvalue weighted by molar-refractivity contribution is -0.132. The Morgan fingerprint density at radius 3 is 2.27 bits per heavy atom. The fourth-order valence-electron chi connectivity index (χ4n) is 3.78.